The Kier molecular flexibility index (Phi) is 4.91. The summed E-state index contributed by atoms with van der Waals surface area (Å²) >= 11 is 7.86. The number of hydrogen-bond acceptors (Lipinski definition) is 2. The molecule has 6 heteroatoms. The lowest BCUT2D eigenvalue weighted by Gasteiger charge is -2.18. The SMILES string of the molecule is CSCCC(C)n1c(C(C)Cl)nc2ccc(F)c(F)c21. The second-order valence-corrected chi connectivity index (χ2v) is 6.46. The summed E-state index contributed by atoms with van der Waals surface area (Å²) in [4.78, 5) is 4.36. The van der Waals surface area contributed by atoms with Crippen molar-refractivity contribution in [1.29, 1.82) is 0 Å². The van der Waals surface area contributed by atoms with Crippen molar-refractivity contribution < 1.29 is 8.78 Å². The Balaban J connectivity index is 2.63. The summed E-state index contributed by atoms with van der Waals surface area (Å²) in [6.07, 6.45) is 2.86. The van der Waals surface area contributed by atoms with Crippen LogP contribution < -0.4 is 0 Å². The highest BCUT2D eigenvalue weighted by molar-refractivity contribution is 7.98. The molecule has 0 bridgehead atoms. The van der Waals surface area contributed by atoms with E-state index in [2.05, 4.69) is 4.98 Å². The van der Waals surface area contributed by atoms with Crippen LogP contribution in [-0.4, -0.2) is 21.6 Å². The van der Waals surface area contributed by atoms with Crippen molar-refractivity contribution in [1.82, 2.24) is 9.55 Å². The molecule has 0 N–H and O–H groups in total. The van der Waals surface area contributed by atoms with E-state index in [0.717, 1.165) is 18.2 Å². The van der Waals surface area contributed by atoms with Gasteiger partial charge < -0.3 is 4.57 Å². The summed E-state index contributed by atoms with van der Waals surface area (Å²) in [7, 11) is 0. The normalized spacial score (nSPS) is 14.7. The highest BCUT2D eigenvalue weighted by Crippen LogP contribution is 2.31. The molecule has 2 rings (SSSR count). The molecule has 0 saturated heterocycles. The van der Waals surface area contributed by atoms with Crippen LogP contribution in [-0.2, 0) is 0 Å². The smallest absolute Gasteiger partial charge is 0.184 e. The van der Waals surface area contributed by atoms with Gasteiger partial charge in [0.05, 0.1) is 10.9 Å². The first-order valence-corrected chi connectivity index (χ1v) is 8.29. The third kappa shape index (κ3) is 2.79. The Morgan fingerprint density at radius 2 is 2.05 bits per heavy atom. The predicted molar refractivity (Wildman–Crippen MR) is 81.6 cm³/mol. The van der Waals surface area contributed by atoms with Gasteiger partial charge in [0.15, 0.2) is 11.6 Å². The summed E-state index contributed by atoms with van der Waals surface area (Å²) < 4.78 is 29.4. The Hall–Kier alpha value is -0.810. The van der Waals surface area contributed by atoms with Gasteiger partial charge in [-0.15, -0.1) is 11.6 Å². The zero-order chi connectivity index (χ0) is 14.9. The number of nitrogens with zero attached hydrogens (tertiary/aromatic N) is 2. The first kappa shape index (κ1) is 15.6. The molecule has 0 radical (unpaired) electrons. The minimum Gasteiger partial charge on any atom is -0.321 e. The molecule has 1 aromatic heterocycles. The van der Waals surface area contributed by atoms with Crippen molar-refractivity contribution in [2.45, 2.75) is 31.7 Å². The molecule has 2 atom stereocenters. The number of rotatable bonds is 5. The van der Waals surface area contributed by atoms with Crippen molar-refractivity contribution in [3.63, 3.8) is 0 Å². The van der Waals surface area contributed by atoms with E-state index in [1.165, 1.54) is 6.07 Å². The van der Waals surface area contributed by atoms with Crippen LogP contribution in [0.4, 0.5) is 8.78 Å². The molecule has 0 fully saturated rings. The molecule has 1 aromatic carbocycles. The Bertz CT molecular complexity index is 613. The van der Waals surface area contributed by atoms with E-state index in [4.69, 9.17) is 11.6 Å². The van der Waals surface area contributed by atoms with Gasteiger partial charge in [0.2, 0.25) is 0 Å². The average molecular weight is 319 g/mol. The minimum absolute atomic E-state index is 0.0138. The second kappa shape index (κ2) is 6.31. The maximum Gasteiger partial charge on any atom is 0.184 e. The standard InChI is InChI=1S/C14H17ClF2N2S/c1-8(6-7-20-3)19-13-11(18-14(19)9(2)15)5-4-10(16)12(13)17/h4-5,8-9H,6-7H2,1-3H3. The van der Waals surface area contributed by atoms with E-state index in [-0.39, 0.29) is 16.9 Å². The molecule has 20 heavy (non-hydrogen) atoms. The van der Waals surface area contributed by atoms with Gasteiger partial charge in [0.25, 0.3) is 0 Å². The molecule has 2 aromatic rings. The van der Waals surface area contributed by atoms with Gasteiger partial charge in [-0.1, -0.05) is 0 Å². The van der Waals surface area contributed by atoms with E-state index in [0.29, 0.717) is 11.3 Å². The van der Waals surface area contributed by atoms with Crippen molar-refractivity contribution in [3.05, 3.63) is 29.6 Å². The van der Waals surface area contributed by atoms with E-state index in [1.54, 1.807) is 23.3 Å². The van der Waals surface area contributed by atoms with Gasteiger partial charge in [-0.3, -0.25) is 0 Å². The number of halogens is 3. The lowest BCUT2D eigenvalue weighted by atomic mass is 10.2. The molecule has 1 heterocycles. The van der Waals surface area contributed by atoms with Crippen LogP contribution in [0.5, 0.6) is 0 Å². The number of fused-ring (bicyclic) bond motifs is 1. The van der Waals surface area contributed by atoms with Crippen molar-refractivity contribution in [2.24, 2.45) is 0 Å². The van der Waals surface area contributed by atoms with Crippen LogP contribution in [0.2, 0.25) is 0 Å². The zero-order valence-electron chi connectivity index (χ0n) is 11.7. The largest absolute Gasteiger partial charge is 0.321 e. The van der Waals surface area contributed by atoms with Gasteiger partial charge in [0.1, 0.15) is 11.3 Å². The van der Waals surface area contributed by atoms with Gasteiger partial charge in [-0.05, 0) is 44.4 Å². The van der Waals surface area contributed by atoms with Gasteiger partial charge in [-0.2, -0.15) is 11.8 Å². The van der Waals surface area contributed by atoms with Crippen molar-refractivity contribution in [3.8, 4) is 0 Å². The summed E-state index contributed by atoms with van der Waals surface area (Å²) in [6.45, 7) is 3.76. The maximum atomic E-state index is 14.1. The molecule has 0 aliphatic rings. The number of aromatic nitrogens is 2. The minimum atomic E-state index is -0.857. The summed E-state index contributed by atoms with van der Waals surface area (Å²) in [5.41, 5.74) is 0.656. The molecule has 110 valence electrons. The summed E-state index contributed by atoms with van der Waals surface area (Å²) in [5.74, 6) is -0.188. The third-order valence-electron chi connectivity index (χ3n) is 3.31. The number of thioether (sulfide) groups is 1. The summed E-state index contributed by atoms with van der Waals surface area (Å²) in [6, 6.07) is 2.61. The number of imidazole rings is 1. The number of hydrogen-bond donors (Lipinski definition) is 0. The van der Waals surface area contributed by atoms with Crippen LogP contribution in [0, 0.1) is 11.6 Å². The van der Waals surface area contributed by atoms with E-state index < -0.39 is 11.6 Å². The van der Waals surface area contributed by atoms with Crippen LogP contribution in [0.15, 0.2) is 12.1 Å². The fourth-order valence-corrected chi connectivity index (χ4v) is 3.02. The van der Waals surface area contributed by atoms with Crippen LogP contribution in [0.3, 0.4) is 0 Å². The summed E-state index contributed by atoms with van der Waals surface area (Å²) in [5, 5.41) is -0.360. The Morgan fingerprint density at radius 1 is 1.35 bits per heavy atom. The maximum absolute atomic E-state index is 14.1. The molecular formula is C14H17ClF2N2S. The second-order valence-electron chi connectivity index (χ2n) is 4.82. The van der Waals surface area contributed by atoms with Crippen molar-refractivity contribution >= 4 is 34.4 Å². The molecule has 0 aliphatic heterocycles. The average Bonchev–Trinajstić information content (AvgIpc) is 2.80. The number of alkyl halides is 1. The van der Waals surface area contributed by atoms with Crippen molar-refractivity contribution in [2.75, 3.05) is 12.0 Å². The van der Waals surface area contributed by atoms with Gasteiger partial charge >= 0.3 is 0 Å². The highest BCUT2D eigenvalue weighted by Gasteiger charge is 2.22. The predicted octanol–water partition coefficient (Wildman–Crippen LogP) is 4.93. The molecule has 0 aliphatic carbocycles. The quantitative estimate of drug-likeness (QED) is 0.728. The molecule has 0 amide bonds. The van der Waals surface area contributed by atoms with E-state index in [9.17, 15) is 8.78 Å². The number of benzene rings is 1. The molecular weight excluding hydrogens is 302 g/mol. The van der Waals surface area contributed by atoms with E-state index in [1.807, 2.05) is 13.2 Å². The van der Waals surface area contributed by atoms with Gasteiger partial charge in [-0.25, -0.2) is 13.8 Å². The van der Waals surface area contributed by atoms with E-state index >= 15 is 0 Å². The molecule has 2 unspecified atom stereocenters. The lowest BCUT2D eigenvalue weighted by Crippen LogP contribution is -2.12. The van der Waals surface area contributed by atoms with Gasteiger partial charge in [0, 0.05) is 6.04 Å². The Morgan fingerprint density at radius 3 is 2.65 bits per heavy atom. The molecule has 0 spiro atoms. The third-order valence-corrected chi connectivity index (χ3v) is 4.15. The van der Waals surface area contributed by atoms with Crippen LogP contribution in [0.1, 0.15) is 37.5 Å². The zero-order valence-corrected chi connectivity index (χ0v) is 13.2. The highest BCUT2D eigenvalue weighted by atomic mass is 35.5. The Labute approximate surface area is 126 Å². The van der Waals surface area contributed by atoms with Crippen LogP contribution >= 0.6 is 23.4 Å². The molecule has 2 nitrogen and oxygen atoms in total. The fraction of sp³-hybridized carbons (Fsp3) is 0.500. The topological polar surface area (TPSA) is 17.8 Å². The van der Waals surface area contributed by atoms with Crippen LogP contribution in [0.25, 0.3) is 11.0 Å². The first-order valence-electron chi connectivity index (χ1n) is 6.46. The monoisotopic (exact) mass is 318 g/mol. The molecule has 0 saturated carbocycles. The lowest BCUT2D eigenvalue weighted by molar-refractivity contribution is 0.490. The first-order chi connectivity index (χ1) is 9.47. The fourth-order valence-electron chi connectivity index (χ4n) is 2.29.